The molecule has 0 bridgehead atoms. The minimum Gasteiger partial charge on any atom is -0.387 e. The lowest BCUT2D eigenvalue weighted by molar-refractivity contribution is -0.385. The fourth-order valence-corrected chi connectivity index (χ4v) is 2.24. The molecule has 0 aromatic heterocycles. The van der Waals surface area contributed by atoms with E-state index >= 15 is 0 Å². The standard InChI is InChI=1S/C12H13BrN2O3/c13-10-5-6-14(8-12(10)16)7-9-3-1-2-4-11(9)15(17)18/h1-5,12,16H,6-8H2/t12-/m0/s1. The molecule has 1 aromatic rings. The van der Waals surface area contributed by atoms with E-state index in [0.29, 0.717) is 25.2 Å². The number of aliphatic hydroxyl groups excluding tert-OH is 1. The minimum atomic E-state index is -0.554. The molecule has 6 heteroatoms. The molecule has 0 saturated heterocycles. The molecular weight excluding hydrogens is 300 g/mol. The van der Waals surface area contributed by atoms with E-state index in [0.717, 1.165) is 4.48 Å². The number of β-amino-alcohol motifs (C(OH)–C–C–N with tert-alkyl or cyclic N) is 1. The highest BCUT2D eigenvalue weighted by atomic mass is 79.9. The zero-order valence-electron chi connectivity index (χ0n) is 9.62. The lowest BCUT2D eigenvalue weighted by Crippen LogP contribution is -2.36. The number of aliphatic hydroxyl groups is 1. The molecule has 0 fully saturated rings. The number of nitro groups is 1. The van der Waals surface area contributed by atoms with Crippen LogP contribution in [0.25, 0.3) is 0 Å². The molecule has 1 N–H and O–H groups in total. The van der Waals surface area contributed by atoms with Crippen molar-refractivity contribution in [3.05, 3.63) is 50.5 Å². The first kappa shape index (κ1) is 13.2. The van der Waals surface area contributed by atoms with E-state index in [2.05, 4.69) is 15.9 Å². The van der Waals surface area contributed by atoms with Gasteiger partial charge in [-0.25, -0.2) is 0 Å². The van der Waals surface area contributed by atoms with Crippen molar-refractivity contribution in [1.29, 1.82) is 0 Å². The molecular formula is C12H13BrN2O3. The lowest BCUT2D eigenvalue weighted by atomic mass is 10.1. The van der Waals surface area contributed by atoms with E-state index in [4.69, 9.17) is 0 Å². The molecule has 0 aliphatic carbocycles. The number of nitrogens with zero attached hydrogens (tertiary/aromatic N) is 2. The Morgan fingerprint density at radius 1 is 1.50 bits per heavy atom. The normalized spacial score (nSPS) is 20.6. The van der Waals surface area contributed by atoms with Gasteiger partial charge < -0.3 is 5.11 Å². The fourth-order valence-electron chi connectivity index (χ4n) is 1.95. The van der Waals surface area contributed by atoms with Gasteiger partial charge in [0.25, 0.3) is 5.69 Å². The van der Waals surface area contributed by atoms with Gasteiger partial charge in [0, 0.05) is 35.7 Å². The first-order valence-electron chi connectivity index (χ1n) is 5.56. The summed E-state index contributed by atoms with van der Waals surface area (Å²) in [6, 6.07) is 6.69. The summed E-state index contributed by atoms with van der Waals surface area (Å²) < 4.78 is 0.779. The van der Waals surface area contributed by atoms with Gasteiger partial charge in [0.2, 0.25) is 0 Å². The Balaban J connectivity index is 2.13. The topological polar surface area (TPSA) is 66.6 Å². The first-order valence-corrected chi connectivity index (χ1v) is 6.35. The molecule has 0 saturated carbocycles. The van der Waals surface area contributed by atoms with Gasteiger partial charge in [-0.1, -0.05) is 40.2 Å². The smallest absolute Gasteiger partial charge is 0.273 e. The minimum absolute atomic E-state index is 0.126. The zero-order chi connectivity index (χ0) is 13.1. The maximum absolute atomic E-state index is 10.9. The van der Waals surface area contributed by atoms with Gasteiger partial charge in [-0.15, -0.1) is 0 Å². The second-order valence-corrected chi connectivity index (χ2v) is 5.10. The summed E-state index contributed by atoms with van der Waals surface area (Å²) in [6.07, 6.45) is 1.32. The Morgan fingerprint density at radius 3 is 2.89 bits per heavy atom. The third-order valence-electron chi connectivity index (χ3n) is 2.88. The van der Waals surface area contributed by atoms with Crippen LogP contribution in [0.5, 0.6) is 0 Å². The van der Waals surface area contributed by atoms with Crippen molar-refractivity contribution in [3.8, 4) is 0 Å². The number of rotatable bonds is 3. The number of benzene rings is 1. The summed E-state index contributed by atoms with van der Waals surface area (Å²) in [7, 11) is 0. The van der Waals surface area contributed by atoms with Gasteiger partial charge in [0.05, 0.1) is 11.0 Å². The van der Waals surface area contributed by atoms with Crippen LogP contribution in [0.2, 0.25) is 0 Å². The summed E-state index contributed by atoms with van der Waals surface area (Å²) in [4.78, 5) is 12.5. The van der Waals surface area contributed by atoms with Gasteiger partial charge >= 0.3 is 0 Å². The third kappa shape index (κ3) is 2.95. The third-order valence-corrected chi connectivity index (χ3v) is 3.73. The molecule has 96 valence electrons. The Morgan fingerprint density at radius 2 is 2.22 bits per heavy atom. The maximum Gasteiger partial charge on any atom is 0.273 e. The van der Waals surface area contributed by atoms with Crippen LogP contribution in [0.15, 0.2) is 34.8 Å². The molecule has 0 unspecified atom stereocenters. The quantitative estimate of drug-likeness (QED) is 0.685. The van der Waals surface area contributed by atoms with E-state index in [1.54, 1.807) is 18.2 Å². The van der Waals surface area contributed by atoms with E-state index in [1.165, 1.54) is 6.07 Å². The first-order chi connectivity index (χ1) is 8.58. The van der Waals surface area contributed by atoms with Crippen molar-refractivity contribution in [2.45, 2.75) is 12.6 Å². The summed E-state index contributed by atoms with van der Waals surface area (Å²) >= 11 is 3.28. The van der Waals surface area contributed by atoms with Gasteiger partial charge in [-0.3, -0.25) is 15.0 Å². The Bertz CT molecular complexity index is 490. The molecule has 5 nitrogen and oxygen atoms in total. The summed E-state index contributed by atoms with van der Waals surface area (Å²) in [5, 5.41) is 20.6. The summed E-state index contributed by atoms with van der Waals surface area (Å²) in [6.45, 7) is 1.61. The molecule has 1 aliphatic rings. The van der Waals surface area contributed by atoms with E-state index in [-0.39, 0.29) is 10.6 Å². The summed E-state index contributed by atoms with van der Waals surface area (Å²) in [5.41, 5.74) is 0.793. The Hall–Kier alpha value is -1.24. The summed E-state index contributed by atoms with van der Waals surface area (Å²) in [5.74, 6) is 0. The van der Waals surface area contributed by atoms with Crippen LogP contribution < -0.4 is 0 Å². The second kappa shape index (κ2) is 5.60. The number of para-hydroxylation sites is 1. The molecule has 18 heavy (non-hydrogen) atoms. The highest BCUT2D eigenvalue weighted by molar-refractivity contribution is 9.11. The molecule has 2 rings (SSSR count). The molecule has 0 amide bonds. The number of hydrogen-bond acceptors (Lipinski definition) is 4. The van der Waals surface area contributed by atoms with Gasteiger partial charge in [-0.05, 0) is 0 Å². The van der Waals surface area contributed by atoms with Crippen LogP contribution >= 0.6 is 15.9 Å². The zero-order valence-corrected chi connectivity index (χ0v) is 11.2. The van der Waals surface area contributed by atoms with E-state index in [1.807, 2.05) is 11.0 Å². The van der Waals surface area contributed by atoms with Crippen molar-refractivity contribution < 1.29 is 10.0 Å². The number of nitro benzene ring substituents is 1. The van der Waals surface area contributed by atoms with Crippen LogP contribution in [0.4, 0.5) is 5.69 Å². The van der Waals surface area contributed by atoms with Crippen molar-refractivity contribution in [3.63, 3.8) is 0 Å². The second-order valence-electron chi connectivity index (χ2n) is 4.18. The average molecular weight is 313 g/mol. The average Bonchev–Trinajstić information content (AvgIpc) is 2.34. The Kier molecular flexibility index (Phi) is 4.11. The number of halogens is 1. The predicted octanol–water partition coefficient (Wildman–Crippen LogP) is 2.05. The lowest BCUT2D eigenvalue weighted by Gasteiger charge is -2.28. The van der Waals surface area contributed by atoms with Crippen molar-refractivity contribution in [2.24, 2.45) is 0 Å². The van der Waals surface area contributed by atoms with E-state index < -0.39 is 6.10 Å². The van der Waals surface area contributed by atoms with Crippen molar-refractivity contribution >= 4 is 21.6 Å². The fraction of sp³-hybridized carbons (Fsp3) is 0.333. The molecule has 1 heterocycles. The van der Waals surface area contributed by atoms with Crippen LogP contribution in [0.1, 0.15) is 5.56 Å². The van der Waals surface area contributed by atoms with Gasteiger partial charge in [0.1, 0.15) is 0 Å². The maximum atomic E-state index is 10.9. The van der Waals surface area contributed by atoms with Crippen LogP contribution in [0, 0.1) is 10.1 Å². The monoisotopic (exact) mass is 312 g/mol. The van der Waals surface area contributed by atoms with Crippen molar-refractivity contribution in [2.75, 3.05) is 13.1 Å². The molecule has 1 aromatic carbocycles. The van der Waals surface area contributed by atoms with Crippen molar-refractivity contribution in [1.82, 2.24) is 4.90 Å². The van der Waals surface area contributed by atoms with Crippen LogP contribution in [0.3, 0.4) is 0 Å². The number of hydrogen-bond donors (Lipinski definition) is 1. The van der Waals surface area contributed by atoms with Gasteiger partial charge in [0.15, 0.2) is 0 Å². The van der Waals surface area contributed by atoms with Crippen LogP contribution in [-0.4, -0.2) is 34.1 Å². The Labute approximate surface area is 113 Å². The largest absolute Gasteiger partial charge is 0.387 e. The highest BCUT2D eigenvalue weighted by Crippen LogP contribution is 2.23. The van der Waals surface area contributed by atoms with Crippen LogP contribution in [-0.2, 0) is 6.54 Å². The molecule has 1 aliphatic heterocycles. The van der Waals surface area contributed by atoms with Gasteiger partial charge in [-0.2, -0.15) is 0 Å². The molecule has 0 radical (unpaired) electrons. The molecule has 1 atom stereocenters. The highest BCUT2D eigenvalue weighted by Gasteiger charge is 2.21. The molecule has 0 spiro atoms. The van der Waals surface area contributed by atoms with E-state index in [9.17, 15) is 15.2 Å². The predicted molar refractivity (Wildman–Crippen MR) is 71.4 cm³/mol. The SMILES string of the molecule is O=[N+]([O-])c1ccccc1CN1CC=C(Br)[C@@H](O)C1.